The number of hydrogen-bond acceptors (Lipinski definition) is 2. The van der Waals surface area contributed by atoms with Gasteiger partial charge in [-0.3, -0.25) is 9.13 Å². The smallest absolute Gasteiger partial charge is 0.289 e. The molecule has 0 spiro atoms. The molecule has 0 radical (unpaired) electrons. The summed E-state index contributed by atoms with van der Waals surface area (Å²) < 4.78 is 9.68. The molecule has 0 unspecified atom stereocenters. The van der Waals surface area contributed by atoms with Gasteiger partial charge in [0, 0.05) is 65.7 Å². The van der Waals surface area contributed by atoms with Crippen LogP contribution in [-0.2, 0) is 0 Å². The number of aromatic nitrogens is 6. The quantitative estimate of drug-likeness (QED) is 0.121. The number of fused-ring (bicyclic) bond motifs is 13. The molecule has 460 valence electrons. The van der Waals surface area contributed by atoms with E-state index in [-0.39, 0.29) is 6.71 Å². The van der Waals surface area contributed by atoms with E-state index in [0.29, 0.717) is 0 Å². The second-order valence-corrected chi connectivity index (χ2v) is 26.2. The van der Waals surface area contributed by atoms with Crippen LogP contribution in [0.25, 0.3) is 155 Å². The van der Waals surface area contributed by atoms with Crippen molar-refractivity contribution in [2.45, 2.75) is 20.8 Å². The Bertz CT molecular complexity index is 6340. The SMILES string of the molecule is Cc1cc(C)c(B(c2cccc(-n3c4ccc(-c5ccccc5)cc4c4cc5c6cc(-c7ccccc7)ccc6n(-c6ccccc6)c5cc43)n2)c2cccc(-n3c4ccc(-c5ccccc5)cc4c4c5c6cc(-c7ccccc7)ccc6n(-c6ccccc6)c5ccc43)n2)c(C)c1. The zero-order valence-electron chi connectivity index (χ0n) is 54.4. The highest BCUT2D eigenvalue weighted by molar-refractivity contribution is 6.95. The summed E-state index contributed by atoms with van der Waals surface area (Å²) in [6, 6.07) is 120. The maximum atomic E-state index is 5.96. The number of benzene rings is 13. The molecule has 0 bridgehead atoms. The third kappa shape index (κ3) is 9.18. The van der Waals surface area contributed by atoms with E-state index in [4.69, 9.17) is 9.97 Å². The molecule has 0 aliphatic heterocycles. The lowest BCUT2D eigenvalue weighted by Gasteiger charge is -2.21. The lowest BCUT2D eigenvalue weighted by Crippen LogP contribution is -2.56. The molecule has 19 rings (SSSR count). The molecule has 0 atom stereocenters. The molecule has 0 aliphatic rings. The number of nitrogens with zero attached hydrogens (tertiary/aromatic N) is 6. The fourth-order valence-corrected chi connectivity index (χ4v) is 16.1. The molecule has 7 heteroatoms. The van der Waals surface area contributed by atoms with E-state index in [2.05, 4.69) is 367 Å². The largest absolute Gasteiger partial charge is 0.309 e. The Kier molecular flexibility index (Phi) is 13.3. The Morgan fingerprint density at radius 1 is 0.235 bits per heavy atom. The van der Waals surface area contributed by atoms with Gasteiger partial charge in [0.2, 0.25) is 0 Å². The predicted octanol–water partition coefficient (Wildman–Crippen LogP) is 21.0. The van der Waals surface area contributed by atoms with Crippen molar-refractivity contribution in [3.63, 3.8) is 0 Å². The van der Waals surface area contributed by atoms with Gasteiger partial charge in [-0.25, -0.2) is 9.97 Å². The fraction of sp³-hybridized carbons (Fsp3) is 0.0330. The molecule has 0 aliphatic carbocycles. The average molecular weight is 1250 g/mol. The maximum absolute atomic E-state index is 5.96. The zero-order chi connectivity index (χ0) is 65.1. The molecule has 98 heavy (non-hydrogen) atoms. The molecular weight excluding hydrogens is 1190 g/mol. The first-order valence-corrected chi connectivity index (χ1v) is 33.8. The van der Waals surface area contributed by atoms with Crippen molar-refractivity contribution in [3.05, 3.63) is 344 Å². The van der Waals surface area contributed by atoms with Crippen LogP contribution in [0.4, 0.5) is 0 Å². The number of hydrogen-bond donors (Lipinski definition) is 0. The van der Waals surface area contributed by atoms with Crippen LogP contribution in [0.5, 0.6) is 0 Å². The van der Waals surface area contributed by atoms with Crippen LogP contribution in [0.15, 0.2) is 328 Å². The molecule has 6 aromatic heterocycles. The van der Waals surface area contributed by atoms with Gasteiger partial charge < -0.3 is 9.13 Å². The van der Waals surface area contributed by atoms with E-state index in [1.807, 2.05) is 0 Å². The topological polar surface area (TPSA) is 45.5 Å². The van der Waals surface area contributed by atoms with Crippen molar-refractivity contribution < 1.29 is 0 Å². The summed E-state index contributed by atoms with van der Waals surface area (Å²) >= 11 is 0. The van der Waals surface area contributed by atoms with Gasteiger partial charge >= 0.3 is 0 Å². The molecule has 0 amide bonds. The summed E-state index contributed by atoms with van der Waals surface area (Å²) in [6.45, 7) is 6.35. The Labute approximate surface area is 567 Å². The third-order valence-corrected chi connectivity index (χ3v) is 20.4. The predicted molar refractivity (Wildman–Crippen MR) is 413 cm³/mol. The Hall–Kier alpha value is -12.6. The normalized spacial score (nSPS) is 11.8. The van der Waals surface area contributed by atoms with Crippen molar-refractivity contribution >= 4 is 111 Å². The van der Waals surface area contributed by atoms with Crippen molar-refractivity contribution in [3.8, 4) is 67.5 Å². The second-order valence-electron chi connectivity index (χ2n) is 26.2. The van der Waals surface area contributed by atoms with Gasteiger partial charge in [-0.15, -0.1) is 0 Å². The average Bonchev–Trinajstić information content (AvgIpc) is 1.55. The third-order valence-electron chi connectivity index (χ3n) is 20.4. The standard InChI is InChI=1S/C91H63BN6/c1-58-50-59(2)91(60(3)51-58)92(85-36-22-38-87(93-85)97-80-47-43-68(64-30-16-7-17-31-64)55-76(80)90-82(97)49-48-81-89(90)75-54-67(63-28-14-6-15-29-63)42-46-79(75)95(81)69-32-18-8-19-33-69)86-37-23-39-88(94-86)98-78-45-41-66(62-26-12-5-13-27-62)53-72(78)74-56-73-71-52-65(61-24-10-4-11-25-61)40-44-77(71)96(83(73)57-84(74)98)70-34-20-9-21-35-70/h4-57H,1-3H3. The Morgan fingerprint density at radius 2 is 0.551 bits per heavy atom. The Morgan fingerprint density at radius 3 is 0.980 bits per heavy atom. The molecule has 0 fully saturated rings. The molecule has 0 saturated heterocycles. The highest BCUT2D eigenvalue weighted by atomic mass is 15.1. The van der Waals surface area contributed by atoms with Gasteiger partial charge in [0.1, 0.15) is 11.6 Å². The fourth-order valence-electron chi connectivity index (χ4n) is 16.1. The van der Waals surface area contributed by atoms with Crippen molar-refractivity contribution in [1.29, 1.82) is 0 Å². The highest BCUT2D eigenvalue weighted by Gasteiger charge is 2.31. The van der Waals surface area contributed by atoms with Gasteiger partial charge in [-0.05, 0) is 187 Å². The van der Waals surface area contributed by atoms with Gasteiger partial charge in [-0.2, -0.15) is 0 Å². The van der Waals surface area contributed by atoms with Crippen LogP contribution in [0.2, 0.25) is 0 Å². The summed E-state index contributed by atoms with van der Waals surface area (Å²) in [4.78, 5) is 11.9. The van der Waals surface area contributed by atoms with Crippen LogP contribution in [0.1, 0.15) is 16.7 Å². The first-order valence-electron chi connectivity index (χ1n) is 33.8. The molecular formula is C91H63BN6. The number of para-hydroxylation sites is 2. The number of rotatable bonds is 11. The Balaban J connectivity index is 0.844. The van der Waals surface area contributed by atoms with Gasteiger partial charge in [0.05, 0.1) is 44.1 Å². The summed E-state index contributed by atoms with van der Waals surface area (Å²) in [5, 5.41) is 9.45. The van der Waals surface area contributed by atoms with Crippen LogP contribution in [-0.4, -0.2) is 34.9 Å². The van der Waals surface area contributed by atoms with E-state index in [0.717, 1.165) is 106 Å². The first kappa shape index (κ1) is 56.9. The summed E-state index contributed by atoms with van der Waals surface area (Å²) in [6.07, 6.45) is 0. The van der Waals surface area contributed by atoms with Crippen LogP contribution in [0, 0.1) is 20.8 Å². The summed E-state index contributed by atoms with van der Waals surface area (Å²) in [7, 11) is 0. The van der Waals surface area contributed by atoms with Crippen molar-refractivity contribution in [1.82, 2.24) is 28.2 Å². The van der Waals surface area contributed by atoms with E-state index >= 15 is 0 Å². The molecule has 13 aromatic carbocycles. The highest BCUT2D eigenvalue weighted by Crippen LogP contribution is 2.46. The van der Waals surface area contributed by atoms with E-state index in [9.17, 15) is 0 Å². The van der Waals surface area contributed by atoms with E-state index in [1.54, 1.807) is 0 Å². The van der Waals surface area contributed by atoms with Gasteiger partial charge in [0.15, 0.2) is 0 Å². The lowest BCUT2D eigenvalue weighted by molar-refractivity contribution is 1.09. The van der Waals surface area contributed by atoms with Gasteiger partial charge in [0.25, 0.3) is 6.71 Å². The van der Waals surface area contributed by atoms with E-state index < -0.39 is 0 Å². The van der Waals surface area contributed by atoms with Crippen LogP contribution >= 0.6 is 0 Å². The minimum Gasteiger partial charge on any atom is -0.309 e. The lowest BCUT2D eigenvalue weighted by atomic mass is 9.38. The van der Waals surface area contributed by atoms with E-state index in [1.165, 1.54) is 82.5 Å². The minimum absolute atomic E-state index is 0.357. The maximum Gasteiger partial charge on any atom is 0.289 e. The number of pyridine rings is 2. The molecule has 0 saturated carbocycles. The minimum atomic E-state index is -0.357. The molecule has 0 N–H and O–H groups in total. The monoisotopic (exact) mass is 1250 g/mol. The number of aryl methyl sites for hydroxylation is 3. The molecule has 6 heterocycles. The second kappa shape index (κ2) is 22.8. The van der Waals surface area contributed by atoms with Crippen LogP contribution < -0.4 is 16.6 Å². The van der Waals surface area contributed by atoms with Gasteiger partial charge in [-0.1, -0.05) is 228 Å². The summed E-state index contributed by atoms with van der Waals surface area (Å²) in [5.41, 5.74) is 27.1. The molecule has 19 aromatic rings. The van der Waals surface area contributed by atoms with Crippen molar-refractivity contribution in [2.24, 2.45) is 0 Å². The zero-order valence-corrected chi connectivity index (χ0v) is 54.4. The van der Waals surface area contributed by atoms with Crippen molar-refractivity contribution in [2.75, 3.05) is 0 Å². The van der Waals surface area contributed by atoms with Crippen LogP contribution in [0.3, 0.4) is 0 Å². The first-order chi connectivity index (χ1) is 48.3. The molecule has 6 nitrogen and oxygen atoms in total. The summed E-state index contributed by atoms with van der Waals surface area (Å²) in [5.74, 6) is 1.66.